The molecule has 0 fully saturated rings. The summed E-state index contributed by atoms with van der Waals surface area (Å²) < 4.78 is 10.7. The molecule has 0 radical (unpaired) electrons. The van der Waals surface area contributed by atoms with Gasteiger partial charge in [0.25, 0.3) is 0 Å². The Bertz CT molecular complexity index is 908. The fraction of sp³-hybridized carbons (Fsp3) is 0.381. The number of nitrogens with zero attached hydrogens (tertiary/aromatic N) is 3. The molecule has 1 amide bonds. The lowest BCUT2D eigenvalue weighted by molar-refractivity contribution is -0.121. The molecule has 0 saturated carbocycles. The molecule has 0 aliphatic rings. The maximum Gasteiger partial charge on any atom is 0.226 e. The summed E-state index contributed by atoms with van der Waals surface area (Å²) in [5.74, 6) is 1.98. The van der Waals surface area contributed by atoms with Gasteiger partial charge in [0.15, 0.2) is 0 Å². The molecule has 1 atom stereocenters. The van der Waals surface area contributed by atoms with E-state index in [4.69, 9.17) is 9.26 Å². The van der Waals surface area contributed by atoms with Gasteiger partial charge in [-0.1, -0.05) is 29.4 Å². The second kappa shape index (κ2) is 10.2. The minimum atomic E-state index is 0.00439. The van der Waals surface area contributed by atoms with E-state index in [2.05, 4.69) is 20.4 Å². The number of nitrogens with one attached hydrogen (secondary N) is 1. The van der Waals surface area contributed by atoms with E-state index in [0.29, 0.717) is 37.5 Å². The Kier molecular flexibility index (Phi) is 7.37. The zero-order chi connectivity index (χ0) is 20.6. The quantitative estimate of drug-likeness (QED) is 0.546. The molecule has 7 nitrogen and oxygen atoms in total. The highest BCUT2D eigenvalue weighted by Crippen LogP contribution is 2.27. The summed E-state index contributed by atoms with van der Waals surface area (Å²) in [5.41, 5.74) is 1.05. The monoisotopic (exact) mass is 414 g/mol. The summed E-state index contributed by atoms with van der Waals surface area (Å²) in [6.07, 6.45) is 1.64. The highest BCUT2D eigenvalue weighted by atomic mass is 32.1. The maximum absolute atomic E-state index is 12.3. The Morgan fingerprint density at radius 1 is 1.28 bits per heavy atom. The number of para-hydroxylation sites is 1. The summed E-state index contributed by atoms with van der Waals surface area (Å²) in [5, 5.41) is 8.99. The second-order valence-corrected chi connectivity index (χ2v) is 7.82. The molecular formula is C21H26N4O3S. The molecule has 0 spiro atoms. The fourth-order valence-electron chi connectivity index (χ4n) is 3.07. The SMILES string of the molecule is COc1ccccc1C(CNC(=O)CCCc1nc(-c2cccs2)no1)N(C)C. The van der Waals surface area contributed by atoms with Gasteiger partial charge in [-0.15, -0.1) is 11.3 Å². The third-order valence-electron chi connectivity index (χ3n) is 4.62. The van der Waals surface area contributed by atoms with Gasteiger partial charge >= 0.3 is 0 Å². The van der Waals surface area contributed by atoms with E-state index >= 15 is 0 Å². The number of ether oxygens (including phenoxy) is 1. The highest BCUT2D eigenvalue weighted by molar-refractivity contribution is 7.13. The van der Waals surface area contributed by atoms with Crippen LogP contribution in [0.3, 0.4) is 0 Å². The van der Waals surface area contributed by atoms with Gasteiger partial charge in [-0.05, 0) is 38.0 Å². The van der Waals surface area contributed by atoms with Crippen LogP contribution in [0.1, 0.15) is 30.3 Å². The van der Waals surface area contributed by atoms with Gasteiger partial charge in [-0.25, -0.2) is 0 Å². The smallest absolute Gasteiger partial charge is 0.226 e. The van der Waals surface area contributed by atoms with Crippen molar-refractivity contribution in [2.24, 2.45) is 0 Å². The lowest BCUT2D eigenvalue weighted by atomic mass is 10.0. The van der Waals surface area contributed by atoms with Crippen LogP contribution in [0.4, 0.5) is 0 Å². The number of likely N-dealkylation sites (N-methyl/N-ethyl adjacent to an activating group) is 1. The van der Waals surface area contributed by atoms with Crippen LogP contribution < -0.4 is 10.1 Å². The lowest BCUT2D eigenvalue weighted by Gasteiger charge is -2.26. The number of carbonyl (C=O) groups is 1. The number of rotatable bonds is 10. The van der Waals surface area contributed by atoms with E-state index < -0.39 is 0 Å². The second-order valence-electron chi connectivity index (χ2n) is 6.87. The number of amides is 1. The molecule has 0 aliphatic heterocycles. The van der Waals surface area contributed by atoms with Gasteiger partial charge in [-0.2, -0.15) is 4.98 Å². The topological polar surface area (TPSA) is 80.5 Å². The van der Waals surface area contributed by atoms with E-state index in [1.165, 1.54) is 0 Å². The van der Waals surface area contributed by atoms with E-state index in [1.54, 1.807) is 18.4 Å². The highest BCUT2D eigenvalue weighted by Gasteiger charge is 2.19. The first-order valence-electron chi connectivity index (χ1n) is 9.51. The predicted octanol–water partition coefficient (Wildman–Crippen LogP) is 3.55. The summed E-state index contributed by atoms with van der Waals surface area (Å²) in [6.45, 7) is 0.509. The Morgan fingerprint density at radius 3 is 2.83 bits per heavy atom. The molecule has 3 rings (SSSR count). The lowest BCUT2D eigenvalue weighted by Crippen LogP contribution is -2.34. The van der Waals surface area contributed by atoms with Crippen LogP contribution in [0.15, 0.2) is 46.3 Å². The number of carbonyl (C=O) groups excluding carboxylic acids is 1. The summed E-state index contributed by atoms with van der Waals surface area (Å²) in [4.78, 5) is 19.7. The van der Waals surface area contributed by atoms with E-state index in [9.17, 15) is 4.79 Å². The van der Waals surface area contributed by atoms with Crippen molar-refractivity contribution >= 4 is 17.2 Å². The van der Waals surface area contributed by atoms with Crippen molar-refractivity contribution in [2.45, 2.75) is 25.3 Å². The maximum atomic E-state index is 12.3. The summed E-state index contributed by atoms with van der Waals surface area (Å²) in [7, 11) is 5.64. The molecule has 154 valence electrons. The van der Waals surface area contributed by atoms with Crippen molar-refractivity contribution in [3.8, 4) is 16.5 Å². The van der Waals surface area contributed by atoms with Crippen molar-refractivity contribution in [1.82, 2.24) is 20.4 Å². The van der Waals surface area contributed by atoms with E-state index in [-0.39, 0.29) is 11.9 Å². The molecule has 0 aliphatic carbocycles. The molecule has 1 N–H and O–H groups in total. The minimum absolute atomic E-state index is 0.00439. The number of hydrogen-bond donors (Lipinski definition) is 1. The molecule has 8 heteroatoms. The number of methoxy groups -OCH3 is 1. The molecule has 0 saturated heterocycles. The van der Waals surface area contributed by atoms with Crippen LogP contribution in [0.25, 0.3) is 10.7 Å². The average Bonchev–Trinajstić information content (AvgIpc) is 3.40. The van der Waals surface area contributed by atoms with Crippen molar-refractivity contribution in [2.75, 3.05) is 27.7 Å². The number of benzene rings is 1. The van der Waals surface area contributed by atoms with Gasteiger partial charge in [0.2, 0.25) is 17.6 Å². The first-order valence-corrected chi connectivity index (χ1v) is 10.4. The molecular weight excluding hydrogens is 388 g/mol. The zero-order valence-electron chi connectivity index (χ0n) is 16.9. The number of hydrogen-bond acceptors (Lipinski definition) is 7. The zero-order valence-corrected chi connectivity index (χ0v) is 17.7. The van der Waals surface area contributed by atoms with Crippen LogP contribution in [-0.4, -0.2) is 48.7 Å². The average molecular weight is 415 g/mol. The molecule has 1 aromatic carbocycles. The van der Waals surface area contributed by atoms with Gasteiger partial charge in [0, 0.05) is 24.9 Å². The van der Waals surface area contributed by atoms with Gasteiger partial charge in [0.1, 0.15) is 5.75 Å². The van der Waals surface area contributed by atoms with Gasteiger partial charge < -0.3 is 19.5 Å². The van der Waals surface area contributed by atoms with Gasteiger partial charge in [0.05, 0.1) is 18.0 Å². The van der Waals surface area contributed by atoms with Crippen LogP contribution in [-0.2, 0) is 11.2 Å². The largest absolute Gasteiger partial charge is 0.496 e. The predicted molar refractivity (Wildman–Crippen MR) is 113 cm³/mol. The van der Waals surface area contributed by atoms with Crippen LogP contribution >= 0.6 is 11.3 Å². The van der Waals surface area contributed by atoms with E-state index in [1.807, 2.05) is 55.9 Å². The Morgan fingerprint density at radius 2 is 2.10 bits per heavy atom. The number of aryl methyl sites for hydroxylation is 1. The summed E-state index contributed by atoms with van der Waals surface area (Å²) in [6, 6.07) is 11.8. The minimum Gasteiger partial charge on any atom is -0.496 e. The number of aromatic nitrogens is 2. The summed E-state index contributed by atoms with van der Waals surface area (Å²) >= 11 is 1.57. The molecule has 2 heterocycles. The first-order chi connectivity index (χ1) is 14.1. The van der Waals surface area contributed by atoms with Crippen molar-refractivity contribution in [1.29, 1.82) is 0 Å². The fourth-order valence-corrected chi connectivity index (χ4v) is 3.72. The van der Waals surface area contributed by atoms with E-state index in [0.717, 1.165) is 16.2 Å². The Hall–Kier alpha value is -2.71. The Balaban J connectivity index is 1.47. The van der Waals surface area contributed by atoms with Crippen LogP contribution in [0, 0.1) is 0 Å². The first kappa shape index (κ1) is 21.0. The van der Waals surface area contributed by atoms with Gasteiger partial charge in [-0.3, -0.25) is 4.79 Å². The Labute approximate surface area is 174 Å². The normalized spacial score (nSPS) is 12.1. The van der Waals surface area contributed by atoms with Crippen LogP contribution in [0.5, 0.6) is 5.75 Å². The number of thiophene rings is 1. The molecule has 29 heavy (non-hydrogen) atoms. The van der Waals surface area contributed by atoms with Crippen molar-refractivity contribution < 1.29 is 14.1 Å². The molecule has 1 unspecified atom stereocenters. The molecule has 2 aromatic heterocycles. The third kappa shape index (κ3) is 5.65. The third-order valence-corrected chi connectivity index (χ3v) is 5.48. The van der Waals surface area contributed by atoms with Crippen molar-refractivity contribution in [3.05, 3.63) is 53.2 Å². The standard InChI is InChI=1S/C21H26N4O3S/c1-25(2)16(15-8-4-5-9-17(15)27-3)14-22-19(26)11-6-12-20-23-21(24-28-20)18-10-7-13-29-18/h4-5,7-10,13,16H,6,11-12,14H2,1-3H3,(H,22,26). The molecule has 3 aromatic rings. The van der Waals surface area contributed by atoms with Crippen LogP contribution in [0.2, 0.25) is 0 Å². The van der Waals surface area contributed by atoms with Crippen molar-refractivity contribution in [3.63, 3.8) is 0 Å². The molecule has 0 bridgehead atoms.